The summed E-state index contributed by atoms with van der Waals surface area (Å²) in [5.41, 5.74) is 5.79. The number of pyridine rings is 1. The Morgan fingerprint density at radius 3 is 2.15 bits per heavy atom. The summed E-state index contributed by atoms with van der Waals surface area (Å²) >= 11 is 0. The molecule has 2 aromatic heterocycles. The number of nitrogens with one attached hydrogen (secondary N) is 2. The molecule has 0 radical (unpaired) electrons. The van der Waals surface area contributed by atoms with Gasteiger partial charge in [0.1, 0.15) is 0 Å². The number of halogens is 1. The first-order valence-electron chi connectivity index (χ1n) is 11.3. The fourth-order valence-corrected chi connectivity index (χ4v) is 4.06. The standard InChI is InChI=1S/C25H33N7.HI/c1-19-14-20(2)32(30-19)24-11-10-23(16-27-24)17-29-25(26-3)28-15-21-6-8-22(9-7-21)18-31-12-4-5-13-31;/h6-11,14,16H,4-5,12-13,15,17-18H2,1-3H3,(H2,26,28,29);1H. The maximum absolute atomic E-state index is 4.56. The summed E-state index contributed by atoms with van der Waals surface area (Å²) in [7, 11) is 1.79. The normalized spacial score (nSPS) is 14.2. The molecule has 0 atom stereocenters. The fraction of sp³-hybridized carbons (Fsp3) is 0.400. The van der Waals surface area contributed by atoms with E-state index in [0.29, 0.717) is 6.54 Å². The molecule has 176 valence electrons. The van der Waals surface area contributed by atoms with Crippen LogP contribution in [0.15, 0.2) is 53.7 Å². The first-order valence-corrected chi connectivity index (χ1v) is 11.3. The molecule has 0 saturated carbocycles. The highest BCUT2D eigenvalue weighted by Gasteiger charge is 2.11. The summed E-state index contributed by atoms with van der Waals surface area (Å²) in [6.45, 7) is 8.93. The number of aliphatic imine (C=N–C) groups is 1. The highest BCUT2D eigenvalue weighted by molar-refractivity contribution is 14.0. The van der Waals surface area contributed by atoms with Crippen LogP contribution in [0.1, 0.15) is 40.9 Å². The zero-order valence-corrected chi connectivity index (χ0v) is 22.0. The van der Waals surface area contributed by atoms with E-state index in [-0.39, 0.29) is 24.0 Å². The number of benzene rings is 1. The van der Waals surface area contributed by atoms with Gasteiger partial charge in [-0.05, 0) is 68.6 Å². The lowest BCUT2D eigenvalue weighted by Crippen LogP contribution is -2.36. The molecule has 0 aliphatic carbocycles. The van der Waals surface area contributed by atoms with Crippen molar-refractivity contribution in [1.29, 1.82) is 0 Å². The van der Waals surface area contributed by atoms with Crippen LogP contribution in [0.3, 0.4) is 0 Å². The minimum atomic E-state index is 0. The molecule has 7 nitrogen and oxygen atoms in total. The SMILES string of the molecule is CN=C(NCc1ccc(CN2CCCC2)cc1)NCc1ccc(-n2nc(C)cc2C)nc1.I. The molecule has 3 heterocycles. The molecule has 0 bridgehead atoms. The van der Waals surface area contributed by atoms with Crippen molar-refractivity contribution < 1.29 is 0 Å². The highest BCUT2D eigenvalue weighted by Crippen LogP contribution is 2.13. The molecule has 0 spiro atoms. The van der Waals surface area contributed by atoms with E-state index in [1.807, 2.05) is 36.9 Å². The smallest absolute Gasteiger partial charge is 0.191 e. The zero-order chi connectivity index (χ0) is 22.3. The predicted octanol–water partition coefficient (Wildman–Crippen LogP) is 3.96. The molecule has 1 aliphatic rings. The summed E-state index contributed by atoms with van der Waals surface area (Å²) in [5, 5.41) is 11.2. The van der Waals surface area contributed by atoms with E-state index in [4.69, 9.17) is 0 Å². The molecular formula is C25H34IN7. The van der Waals surface area contributed by atoms with Gasteiger partial charge >= 0.3 is 0 Å². The van der Waals surface area contributed by atoms with E-state index in [0.717, 1.165) is 41.8 Å². The van der Waals surface area contributed by atoms with Gasteiger partial charge in [-0.1, -0.05) is 30.3 Å². The number of hydrogen-bond donors (Lipinski definition) is 2. The van der Waals surface area contributed by atoms with Crippen molar-refractivity contribution in [2.24, 2.45) is 4.99 Å². The third-order valence-corrected chi connectivity index (χ3v) is 5.81. The highest BCUT2D eigenvalue weighted by atomic mass is 127. The van der Waals surface area contributed by atoms with Gasteiger partial charge in [-0.2, -0.15) is 5.10 Å². The summed E-state index contributed by atoms with van der Waals surface area (Å²) in [4.78, 5) is 11.4. The van der Waals surface area contributed by atoms with Crippen LogP contribution in [0.25, 0.3) is 5.82 Å². The Morgan fingerprint density at radius 1 is 0.939 bits per heavy atom. The van der Waals surface area contributed by atoms with Crippen LogP contribution < -0.4 is 10.6 Å². The van der Waals surface area contributed by atoms with Gasteiger partial charge in [0, 0.05) is 38.6 Å². The van der Waals surface area contributed by atoms with E-state index in [1.165, 1.54) is 37.1 Å². The number of likely N-dealkylation sites (tertiary alicyclic amines) is 1. The van der Waals surface area contributed by atoms with Crippen molar-refractivity contribution >= 4 is 29.9 Å². The monoisotopic (exact) mass is 559 g/mol. The summed E-state index contributed by atoms with van der Waals surface area (Å²) in [6, 6.07) is 15.0. The Kier molecular flexibility index (Phi) is 9.25. The van der Waals surface area contributed by atoms with Gasteiger partial charge in [0.15, 0.2) is 11.8 Å². The van der Waals surface area contributed by atoms with E-state index in [9.17, 15) is 0 Å². The summed E-state index contributed by atoms with van der Waals surface area (Å²) in [5.74, 6) is 1.60. The quantitative estimate of drug-likeness (QED) is 0.261. The Hall–Kier alpha value is -2.46. The minimum Gasteiger partial charge on any atom is -0.352 e. The number of guanidine groups is 1. The lowest BCUT2D eigenvalue weighted by Gasteiger charge is -2.15. The van der Waals surface area contributed by atoms with Gasteiger partial charge in [-0.15, -0.1) is 24.0 Å². The van der Waals surface area contributed by atoms with Gasteiger partial charge in [0.2, 0.25) is 0 Å². The maximum atomic E-state index is 4.56. The second-order valence-electron chi connectivity index (χ2n) is 8.44. The van der Waals surface area contributed by atoms with Crippen molar-refractivity contribution in [3.8, 4) is 5.82 Å². The molecule has 1 aromatic carbocycles. The van der Waals surface area contributed by atoms with E-state index in [2.05, 4.69) is 60.9 Å². The lowest BCUT2D eigenvalue weighted by molar-refractivity contribution is 0.331. The first-order chi connectivity index (χ1) is 15.6. The molecule has 4 rings (SSSR count). The molecule has 0 unspecified atom stereocenters. The molecule has 33 heavy (non-hydrogen) atoms. The Balaban J connectivity index is 0.00000306. The van der Waals surface area contributed by atoms with Gasteiger partial charge in [0.25, 0.3) is 0 Å². The van der Waals surface area contributed by atoms with Crippen LogP contribution >= 0.6 is 24.0 Å². The van der Waals surface area contributed by atoms with Crippen molar-refractivity contribution in [1.82, 2.24) is 30.3 Å². The summed E-state index contributed by atoms with van der Waals surface area (Å²) in [6.07, 6.45) is 4.54. The third kappa shape index (κ3) is 7.01. The Labute approximate surface area is 213 Å². The molecule has 8 heteroatoms. The average Bonchev–Trinajstić information content (AvgIpc) is 3.44. The van der Waals surface area contributed by atoms with Gasteiger partial charge < -0.3 is 10.6 Å². The number of hydrogen-bond acceptors (Lipinski definition) is 4. The van der Waals surface area contributed by atoms with Crippen LogP contribution in [-0.4, -0.2) is 45.8 Å². The van der Waals surface area contributed by atoms with Gasteiger partial charge in [-0.25, -0.2) is 9.67 Å². The van der Waals surface area contributed by atoms with Crippen molar-refractivity contribution in [2.75, 3.05) is 20.1 Å². The van der Waals surface area contributed by atoms with Crippen LogP contribution in [-0.2, 0) is 19.6 Å². The Morgan fingerprint density at radius 2 is 1.58 bits per heavy atom. The average molecular weight is 560 g/mol. The maximum Gasteiger partial charge on any atom is 0.191 e. The van der Waals surface area contributed by atoms with Crippen LogP contribution in [0, 0.1) is 13.8 Å². The van der Waals surface area contributed by atoms with Crippen molar-refractivity contribution in [2.45, 2.75) is 46.3 Å². The molecular weight excluding hydrogens is 525 g/mol. The minimum absolute atomic E-state index is 0. The Bertz CT molecular complexity index is 1040. The van der Waals surface area contributed by atoms with E-state index < -0.39 is 0 Å². The molecule has 0 amide bonds. The predicted molar refractivity (Wildman–Crippen MR) is 144 cm³/mol. The molecule has 2 N–H and O–H groups in total. The van der Waals surface area contributed by atoms with E-state index in [1.54, 1.807) is 7.05 Å². The number of rotatable bonds is 7. The third-order valence-electron chi connectivity index (χ3n) is 5.81. The zero-order valence-electron chi connectivity index (χ0n) is 19.7. The summed E-state index contributed by atoms with van der Waals surface area (Å²) < 4.78 is 1.86. The van der Waals surface area contributed by atoms with Crippen molar-refractivity contribution in [3.05, 3.63) is 76.7 Å². The largest absolute Gasteiger partial charge is 0.352 e. The molecule has 1 fully saturated rings. The van der Waals surface area contributed by atoms with Crippen LogP contribution in [0.5, 0.6) is 0 Å². The fourth-order valence-electron chi connectivity index (χ4n) is 4.06. The second kappa shape index (κ2) is 12.1. The first kappa shape index (κ1) is 25.2. The molecule has 3 aromatic rings. The number of nitrogens with zero attached hydrogens (tertiary/aromatic N) is 5. The number of aryl methyl sites for hydroxylation is 2. The van der Waals surface area contributed by atoms with E-state index >= 15 is 0 Å². The van der Waals surface area contributed by atoms with Crippen LogP contribution in [0.2, 0.25) is 0 Å². The number of aromatic nitrogens is 3. The second-order valence-corrected chi connectivity index (χ2v) is 8.44. The van der Waals surface area contributed by atoms with Gasteiger partial charge in [0.05, 0.1) is 5.69 Å². The van der Waals surface area contributed by atoms with Crippen LogP contribution in [0.4, 0.5) is 0 Å². The molecule has 1 saturated heterocycles. The lowest BCUT2D eigenvalue weighted by atomic mass is 10.1. The topological polar surface area (TPSA) is 70.4 Å². The van der Waals surface area contributed by atoms with Crippen molar-refractivity contribution in [3.63, 3.8) is 0 Å². The molecule has 1 aliphatic heterocycles. The van der Waals surface area contributed by atoms with Gasteiger partial charge in [-0.3, -0.25) is 9.89 Å².